The van der Waals surface area contributed by atoms with Crippen LogP contribution in [0.15, 0.2) is 91.0 Å². The van der Waals surface area contributed by atoms with E-state index in [1.807, 2.05) is 36.4 Å². The summed E-state index contributed by atoms with van der Waals surface area (Å²) >= 11 is 0. The van der Waals surface area contributed by atoms with Crippen LogP contribution in [0.5, 0.6) is 0 Å². The predicted octanol–water partition coefficient (Wildman–Crippen LogP) is 3.59. The number of hydrogen-bond donors (Lipinski definition) is 4. The van der Waals surface area contributed by atoms with E-state index >= 15 is 0 Å². The van der Waals surface area contributed by atoms with Crippen molar-refractivity contribution in [2.45, 2.75) is 43.7 Å². The van der Waals surface area contributed by atoms with Gasteiger partial charge in [0.1, 0.15) is 29.8 Å². The van der Waals surface area contributed by atoms with Crippen LogP contribution in [0.4, 0.5) is 4.39 Å². The Labute approximate surface area is 254 Å². The topological polar surface area (TPSA) is 159 Å². The molecule has 0 saturated carbocycles. The normalized spacial score (nSPS) is 19.2. The molecule has 1 aliphatic heterocycles. The molecule has 0 radical (unpaired) electrons. The number of primary amides is 1. The molecule has 5 atom stereocenters. The number of carbonyl (C=O) groups excluding carboxylic acids is 4. The number of rotatable bonds is 12. The zero-order valence-corrected chi connectivity index (χ0v) is 24.9. The molecule has 4 rings (SSSR count). The molecular weight excluding hydrogens is 586 g/mol. The van der Waals surface area contributed by atoms with Crippen LogP contribution in [0.1, 0.15) is 47.0 Å². The standard InChI is InChI=1S/C32H34FN4O6P/c1-21-19-26(32(41)37(21)27(29(34)39)18-10-13-22-11-4-2-5-12-22)35-28(38)20-44(42,43)31(23-14-6-3-7-15-23)36-30(40)24-16-8-9-17-25(24)33/h2-17,21,26-27,31H,18-20H2,1H3,(H2,34,39)(H,35,38)(H,36,40)(H,42,43)/b13-10+/t21?,26-,27-,31?/m0/s1. The molecule has 1 saturated heterocycles. The number of nitrogens with one attached hydrogen (secondary N) is 2. The fourth-order valence-corrected chi connectivity index (χ4v) is 6.88. The number of likely N-dealkylation sites (tertiary alicyclic amines) is 1. The molecular formula is C32H34FN4O6P. The summed E-state index contributed by atoms with van der Waals surface area (Å²) in [5, 5.41) is 4.92. The molecule has 1 fully saturated rings. The summed E-state index contributed by atoms with van der Waals surface area (Å²) in [6.45, 7) is 1.72. The van der Waals surface area contributed by atoms with Gasteiger partial charge in [0.2, 0.25) is 25.1 Å². The fourth-order valence-electron chi connectivity index (χ4n) is 5.23. The lowest BCUT2D eigenvalue weighted by Gasteiger charge is -2.28. The molecule has 0 aliphatic carbocycles. The van der Waals surface area contributed by atoms with Crippen LogP contribution in [0, 0.1) is 5.82 Å². The van der Waals surface area contributed by atoms with Crippen molar-refractivity contribution >= 4 is 37.1 Å². The maximum absolute atomic E-state index is 14.3. The summed E-state index contributed by atoms with van der Waals surface area (Å²) in [4.78, 5) is 64.0. The highest BCUT2D eigenvalue weighted by atomic mass is 31.2. The van der Waals surface area contributed by atoms with Crippen molar-refractivity contribution in [3.63, 3.8) is 0 Å². The summed E-state index contributed by atoms with van der Waals surface area (Å²) < 4.78 is 27.9. The Balaban J connectivity index is 1.46. The van der Waals surface area contributed by atoms with E-state index in [1.165, 1.54) is 35.2 Å². The fraction of sp³-hybridized carbons (Fsp3) is 0.250. The van der Waals surface area contributed by atoms with Crippen LogP contribution in [0.2, 0.25) is 0 Å². The van der Waals surface area contributed by atoms with Crippen LogP contribution < -0.4 is 16.4 Å². The molecule has 0 spiro atoms. The molecule has 0 aromatic heterocycles. The summed E-state index contributed by atoms with van der Waals surface area (Å²) in [5.74, 6) is -5.42. The van der Waals surface area contributed by atoms with Gasteiger partial charge in [0.25, 0.3) is 5.91 Å². The van der Waals surface area contributed by atoms with E-state index < -0.39 is 66.9 Å². The molecule has 1 heterocycles. The number of halogens is 1. The predicted molar refractivity (Wildman–Crippen MR) is 164 cm³/mol. The minimum Gasteiger partial charge on any atom is -0.368 e. The molecule has 3 aromatic rings. The van der Waals surface area contributed by atoms with Crippen LogP contribution in [-0.4, -0.2) is 57.7 Å². The second kappa shape index (κ2) is 14.2. The molecule has 1 aliphatic rings. The van der Waals surface area contributed by atoms with Gasteiger partial charge in [-0.2, -0.15) is 0 Å². The smallest absolute Gasteiger partial charge is 0.255 e. The van der Waals surface area contributed by atoms with E-state index in [9.17, 15) is 33.0 Å². The third kappa shape index (κ3) is 7.86. The van der Waals surface area contributed by atoms with Gasteiger partial charge in [-0.1, -0.05) is 84.9 Å². The molecule has 230 valence electrons. The number of amides is 4. The van der Waals surface area contributed by atoms with E-state index in [0.717, 1.165) is 11.6 Å². The summed E-state index contributed by atoms with van der Waals surface area (Å²) in [6.07, 6.45) is 2.94. The zero-order chi connectivity index (χ0) is 31.9. The van der Waals surface area contributed by atoms with Crippen molar-refractivity contribution in [2.75, 3.05) is 6.16 Å². The van der Waals surface area contributed by atoms with E-state index in [4.69, 9.17) is 5.73 Å². The average molecular weight is 621 g/mol. The van der Waals surface area contributed by atoms with Crippen LogP contribution >= 0.6 is 7.37 Å². The highest BCUT2D eigenvalue weighted by molar-refractivity contribution is 7.59. The van der Waals surface area contributed by atoms with Crippen molar-refractivity contribution in [3.8, 4) is 0 Å². The van der Waals surface area contributed by atoms with Crippen LogP contribution in [0.3, 0.4) is 0 Å². The van der Waals surface area contributed by atoms with E-state index in [0.29, 0.717) is 0 Å². The monoisotopic (exact) mass is 620 g/mol. The van der Waals surface area contributed by atoms with Gasteiger partial charge < -0.3 is 26.2 Å². The van der Waals surface area contributed by atoms with Gasteiger partial charge in [0, 0.05) is 6.04 Å². The van der Waals surface area contributed by atoms with Gasteiger partial charge in [0.05, 0.1) is 5.56 Å². The van der Waals surface area contributed by atoms with Crippen molar-refractivity contribution in [1.82, 2.24) is 15.5 Å². The molecule has 5 N–H and O–H groups in total. The van der Waals surface area contributed by atoms with Crippen molar-refractivity contribution < 1.29 is 33.0 Å². The number of nitrogens with two attached hydrogens (primary N) is 1. The second-order valence-corrected chi connectivity index (χ2v) is 12.9. The maximum atomic E-state index is 14.3. The second-order valence-electron chi connectivity index (χ2n) is 10.6. The first-order valence-electron chi connectivity index (χ1n) is 14.0. The van der Waals surface area contributed by atoms with Gasteiger partial charge in [-0.15, -0.1) is 0 Å². The summed E-state index contributed by atoms with van der Waals surface area (Å²) in [6, 6.07) is 20.0. The Morgan fingerprint density at radius 1 is 1.05 bits per heavy atom. The Morgan fingerprint density at radius 2 is 1.66 bits per heavy atom. The molecule has 44 heavy (non-hydrogen) atoms. The lowest BCUT2D eigenvalue weighted by molar-refractivity contribution is -0.139. The lowest BCUT2D eigenvalue weighted by atomic mass is 10.1. The minimum atomic E-state index is -4.53. The largest absolute Gasteiger partial charge is 0.368 e. The van der Waals surface area contributed by atoms with Crippen LogP contribution in [-0.2, 0) is 18.9 Å². The summed E-state index contributed by atoms with van der Waals surface area (Å²) in [7, 11) is -4.53. The Hall–Kier alpha value is -4.60. The average Bonchev–Trinajstić information content (AvgIpc) is 3.26. The molecule has 0 bridgehead atoms. The van der Waals surface area contributed by atoms with Gasteiger partial charge >= 0.3 is 0 Å². The first-order chi connectivity index (χ1) is 21.0. The van der Waals surface area contributed by atoms with E-state index in [1.54, 1.807) is 31.2 Å². The molecule has 3 aromatic carbocycles. The molecule has 12 heteroatoms. The van der Waals surface area contributed by atoms with Crippen LogP contribution in [0.25, 0.3) is 6.08 Å². The number of nitrogens with zero attached hydrogens (tertiary/aromatic N) is 1. The quantitative estimate of drug-likeness (QED) is 0.227. The summed E-state index contributed by atoms with van der Waals surface area (Å²) in [5.41, 5.74) is 6.47. The first kappa shape index (κ1) is 32.3. The zero-order valence-electron chi connectivity index (χ0n) is 24.0. The van der Waals surface area contributed by atoms with Crippen molar-refractivity contribution in [1.29, 1.82) is 0 Å². The minimum absolute atomic E-state index is 0.151. The molecule has 10 nitrogen and oxygen atoms in total. The number of benzene rings is 3. The highest BCUT2D eigenvalue weighted by Gasteiger charge is 2.44. The van der Waals surface area contributed by atoms with Gasteiger partial charge in [-0.3, -0.25) is 23.7 Å². The van der Waals surface area contributed by atoms with Crippen molar-refractivity contribution in [3.05, 3.63) is 114 Å². The Morgan fingerprint density at radius 3 is 2.30 bits per heavy atom. The molecule has 3 unspecified atom stereocenters. The lowest BCUT2D eigenvalue weighted by Crippen LogP contribution is -2.51. The van der Waals surface area contributed by atoms with Crippen molar-refractivity contribution in [2.24, 2.45) is 5.73 Å². The van der Waals surface area contributed by atoms with E-state index in [2.05, 4.69) is 10.6 Å². The van der Waals surface area contributed by atoms with Gasteiger partial charge in [-0.05, 0) is 43.0 Å². The first-order valence-corrected chi connectivity index (χ1v) is 15.9. The SMILES string of the molecule is CC1C[C@H](NC(=O)CP(=O)(O)C(NC(=O)c2ccccc2F)c2ccccc2)C(=O)N1[C@@H](C/C=C/c1ccccc1)C(N)=O. The highest BCUT2D eigenvalue weighted by Crippen LogP contribution is 2.53. The number of hydrogen-bond acceptors (Lipinski definition) is 5. The Kier molecular flexibility index (Phi) is 10.5. The van der Waals surface area contributed by atoms with E-state index in [-0.39, 0.29) is 24.0 Å². The number of carbonyl (C=O) groups is 4. The molecule has 4 amide bonds. The van der Waals surface area contributed by atoms with Gasteiger partial charge in [0.15, 0.2) is 0 Å². The Bertz CT molecular complexity index is 1590. The van der Waals surface area contributed by atoms with Gasteiger partial charge in [-0.25, -0.2) is 4.39 Å². The third-order valence-corrected chi connectivity index (χ3v) is 9.32. The third-order valence-electron chi connectivity index (χ3n) is 7.35. The maximum Gasteiger partial charge on any atom is 0.255 e.